The third kappa shape index (κ3) is 4.01. The van der Waals surface area contributed by atoms with E-state index in [-0.39, 0.29) is 18.1 Å². The number of halogens is 2. The Kier molecular flexibility index (Phi) is 6.12. The van der Waals surface area contributed by atoms with Gasteiger partial charge in [-0.2, -0.15) is 0 Å². The standard InChI is InChI=1S/C18H18F2N2O2/c1-3-21-17(13-7-5-4-6-8-13)16-12(2)22-15(24-10-9-23)11-14(16)18(19)20/h4-9,11,18H,3,10H2,1-2H3. The summed E-state index contributed by atoms with van der Waals surface area (Å²) in [6.45, 7) is 3.69. The molecule has 0 aliphatic heterocycles. The first-order valence-electron chi connectivity index (χ1n) is 7.54. The second kappa shape index (κ2) is 8.29. The van der Waals surface area contributed by atoms with E-state index < -0.39 is 6.43 Å². The van der Waals surface area contributed by atoms with Crippen LogP contribution in [0.1, 0.15) is 35.7 Å². The summed E-state index contributed by atoms with van der Waals surface area (Å²) in [4.78, 5) is 19.0. The number of hydrogen-bond acceptors (Lipinski definition) is 4. The van der Waals surface area contributed by atoms with Crippen LogP contribution in [0.25, 0.3) is 0 Å². The summed E-state index contributed by atoms with van der Waals surface area (Å²) < 4.78 is 32.3. The van der Waals surface area contributed by atoms with Gasteiger partial charge in [0.2, 0.25) is 5.88 Å². The molecule has 0 unspecified atom stereocenters. The van der Waals surface area contributed by atoms with Gasteiger partial charge >= 0.3 is 0 Å². The first-order chi connectivity index (χ1) is 11.6. The molecule has 0 bridgehead atoms. The number of nitrogens with zero attached hydrogens (tertiary/aromatic N) is 2. The normalized spacial score (nSPS) is 11.6. The number of hydrogen-bond donors (Lipinski definition) is 0. The van der Waals surface area contributed by atoms with E-state index in [0.29, 0.717) is 29.8 Å². The zero-order valence-corrected chi connectivity index (χ0v) is 13.5. The third-order valence-corrected chi connectivity index (χ3v) is 3.34. The second-order valence-electron chi connectivity index (χ2n) is 4.98. The van der Waals surface area contributed by atoms with Crippen LogP contribution >= 0.6 is 0 Å². The highest BCUT2D eigenvalue weighted by atomic mass is 19.3. The lowest BCUT2D eigenvalue weighted by Crippen LogP contribution is -2.13. The van der Waals surface area contributed by atoms with Gasteiger partial charge in [-0.15, -0.1) is 0 Å². The van der Waals surface area contributed by atoms with E-state index in [9.17, 15) is 13.6 Å². The number of carbonyl (C=O) groups is 1. The van der Waals surface area contributed by atoms with E-state index >= 15 is 0 Å². The lowest BCUT2D eigenvalue weighted by atomic mass is 9.96. The summed E-state index contributed by atoms with van der Waals surface area (Å²) in [5.41, 5.74) is 1.69. The van der Waals surface area contributed by atoms with Crippen molar-refractivity contribution in [3.05, 3.63) is 58.8 Å². The van der Waals surface area contributed by atoms with Crippen molar-refractivity contribution in [3.8, 4) is 5.88 Å². The zero-order chi connectivity index (χ0) is 17.5. The minimum atomic E-state index is -2.72. The lowest BCUT2D eigenvalue weighted by Gasteiger charge is -2.16. The molecule has 1 heterocycles. The molecule has 0 saturated heterocycles. The Hall–Kier alpha value is -2.63. The second-order valence-corrected chi connectivity index (χ2v) is 4.98. The predicted molar refractivity (Wildman–Crippen MR) is 88.1 cm³/mol. The Morgan fingerprint density at radius 3 is 2.62 bits per heavy atom. The van der Waals surface area contributed by atoms with Gasteiger partial charge in [0.15, 0.2) is 6.29 Å². The fraction of sp³-hybridized carbons (Fsp3) is 0.278. The van der Waals surface area contributed by atoms with Crippen LogP contribution in [-0.4, -0.2) is 30.1 Å². The fourth-order valence-electron chi connectivity index (χ4n) is 2.41. The van der Waals surface area contributed by atoms with Crippen molar-refractivity contribution < 1.29 is 18.3 Å². The third-order valence-electron chi connectivity index (χ3n) is 3.34. The first-order valence-corrected chi connectivity index (χ1v) is 7.54. The molecule has 0 aliphatic carbocycles. The highest BCUT2D eigenvalue weighted by Gasteiger charge is 2.22. The van der Waals surface area contributed by atoms with Gasteiger partial charge in [-0.3, -0.25) is 9.79 Å². The molecule has 24 heavy (non-hydrogen) atoms. The van der Waals surface area contributed by atoms with E-state index in [4.69, 9.17) is 4.74 Å². The molecule has 0 saturated carbocycles. The quantitative estimate of drug-likeness (QED) is 0.573. The van der Waals surface area contributed by atoms with E-state index in [1.807, 2.05) is 37.3 Å². The Morgan fingerprint density at radius 2 is 2.04 bits per heavy atom. The largest absolute Gasteiger partial charge is 0.470 e. The number of aliphatic imine (C=N–C) groups is 1. The number of alkyl halides is 2. The minimum absolute atomic E-state index is 0.00237. The van der Waals surface area contributed by atoms with Crippen molar-refractivity contribution >= 4 is 12.0 Å². The molecule has 6 heteroatoms. The number of aromatic nitrogens is 1. The van der Waals surface area contributed by atoms with Crippen molar-refractivity contribution in [1.29, 1.82) is 0 Å². The molecule has 2 aromatic rings. The average molecular weight is 332 g/mol. The lowest BCUT2D eigenvalue weighted by molar-refractivity contribution is -0.109. The van der Waals surface area contributed by atoms with Crippen LogP contribution in [0, 0.1) is 6.92 Å². The fourth-order valence-corrected chi connectivity index (χ4v) is 2.41. The van der Waals surface area contributed by atoms with Gasteiger partial charge < -0.3 is 4.74 Å². The number of aryl methyl sites for hydroxylation is 1. The Morgan fingerprint density at radius 1 is 1.33 bits per heavy atom. The highest BCUT2D eigenvalue weighted by molar-refractivity contribution is 6.14. The van der Waals surface area contributed by atoms with Crippen molar-refractivity contribution in [1.82, 2.24) is 4.98 Å². The molecule has 1 aromatic carbocycles. The maximum absolute atomic E-state index is 13.6. The summed E-state index contributed by atoms with van der Waals surface area (Å²) in [6, 6.07) is 10.3. The topological polar surface area (TPSA) is 51.5 Å². The van der Waals surface area contributed by atoms with Crippen LogP contribution < -0.4 is 4.74 Å². The molecule has 1 aromatic heterocycles. The van der Waals surface area contributed by atoms with Crippen LogP contribution in [0.5, 0.6) is 5.88 Å². The molecule has 0 amide bonds. The molecule has 0 N–H and O–H groups in total. The molecule has 2 rings (SSSR count). The maximum Gasteiger partial charge on any atom is 0.264 e. The zero-order valence-electron chi connectivity index (χ0n) is 13.5. The summed E-state index contributed by atoms with van der Waals surface area (Å²) >= 11 is 0. The molecule has 126 valence electrons. The SMILES string of the molecule is CCN=C(c1ccccc1)c1c(C(F)F)cc(OCC=O)nc1C. The van der Waals surface area contributed by atoms with Gasteiger partial charge in [0.1, 0.15) is 6.61 Å². The number of rotatable bonds is 7. The first kappa shape index (κ1) is 17.7. The molecule has 0 spiro atoms. The minimum Gasteiger partial charge on any atom is -0.470 e. The Bertz CT molecular complexity index is 731. The number of pyridine rings is 1. The van der Waals surface area contributed by atoms with Crippen molar-refractivity contribution in [3.63, 3.8) is 0 Å². The Balaban J connectivity index is 2.62. The smallest absolute Gasteiger partial charge is 0.264 e. The molecule has 0 fully saturated rings. The van der Waals surface area contributed by atoms with Gasteiger partial charge in [-0.05, 0) is 13.8 Å². The van der Waals surface area contributed by atoms with Crippen molar-refractivity contribution in [2.24, 2.45) is 4.99 Å². The van der Waals surface area contributed by atoms with Gasteiger partial charge in [0.05, 0.1) is 11.4 Å². The van der Waals surface area contributed by atoms with Gasteiger partial charge in [0, 0.05) is 29.3 Å². The summed E-state index contributed by atoms with van der Waals surface area (Å²) in [6.07, 6.45) is -2.17. The molecular formula is C18H18F2N2O2. The van der Waals surface area contributed by atoms with Crippen LogP contribution in [0.3, 0.4) is 0 Å². The van der Waals surface area contributed by atoms with E-state index in [1.165, 1.54) is 6.07 Å². The van der Waals surface area contributed by atoms with Crippen LogP contribution in [0.15, 0.2) is 41.4 Å². The highest BCUT2D eigenvalue weighted by Crippen LogP contribution is 2.30. The van der Waals surface area contributed by atoms with Gasteiger partial charge in [-0.25, -0.2) is 13.8 Å². The van der Waals surface area contributed by atoms with Gasteiger partial charge in [0.25, 0.3) is 6.43 Å². The van der Waals surface area contributed by atoms with Gasteiger partial charge in [-0.1, -0.05) is 30.3 Å². The molecule has 4 nitrogen and oxygen atoms in total. The summed E-state index contributed by atoms with van der Waals surface area (Å²) in [5, 5.41) is 0. The maximum atomic E-state index is 13.6. The molecule has 0 aliphatic rings. The summed E-state index contributed by atoms with van der Waals surface area (Å²) in [5.74, 6) is 0.00237. The molecule has 0 radical (unpaired) electrons. The number of ether oxygens (including phenoxy) is 1. The van der Waals surface area contributed by atoms with Crippen molar-refractivity contribution in [2.45, 2.75) is 20.3 Å². The Labute approximate surface area is 139 Å². The number of carbonyl (C=O) groups excluding carboxylic acids is 1. The average Bonchev–Trinajstić information content (AvgIpc) is 2.58. The predicted octanol–water partition coefficient (Wildman–Crippen LogP) is 3.76. The molecule has 0 atom stereocenters. The van der Waals surface area contributed by atoms with Crippen molar-refractivity contribution in [2.75, 3.05) is 13.2 Å². The molecular weight excluding hydrogens is 314 g/mol. The van der Waals surface area contributed by atoms with E-state index in [2.05, 4.69) is 9.98 Å². The monoisotopic (exact) mass is 332 g/mol. The number of benzene rings is 1. The van der Waals surface area contributed by atoms with Crippen LogP contribution in [0.2, 0.25) is 0 Å². The van der Waals surface area contributed by atoms with E-state index in [1.54, 1.807) is 6.92 Å². The number of aldehydes is 1. The van der Waals surface area contributed by atoms with Crippen LogP contribution in [0.4, 0.5) is 8.78 Å². The summed E-state index contributed by atoms with van der Waals surface area (Å²) in [7, 11) is 0. The van der Waals surface area contributed by atoms with Crippen LogP contribution in [-0.2, 0) is 4.79 Å². The van der Waals surface area contributed by atoms with E-state index in [0.717, 1.165) is 5.56 Å².